The van der Waals surface area contributed by atoms with E-state index in [1.54, 1.807) is 0 Å². The number of hydrogen-bond acceptors (Lipinski definition) is 3. The zero-order valence-electron chi connectivity index (χ0n) is 12.4. The fourth-order valence-corrected chi connectivity index (χ4v) is 3.04. The zero-order valence-corrected chi connectivity index (χ0v) is 13.2. The van der Waals surface area contributed by atoms with Crippen molar-refractivity contribution in [3.05, 3.63) is 17.0 Å². The Morgan fingerprint density at radius 3 is 2.68 bits per heavy atom. The number of halogens is 1. The minimum atomic E-state index is 0.345. The van der Waals surface area contributed by atoms with Crippen LogP contribution in [0.25, 0.3) is 0 Å². The van der Waals surface area contributed by atoms with Gasteiger partial charge in [-0.2, -0.15) is 0 Å². The Bertz CT molecular complexity index is 440. The van der Waals surface area contributed by atoms with E-state index >= 15 is 0 Å². The number of aryl methyl sites for hydroxylation is 1. The highest BCUT2D eigenvalue weighted by Crippen LogP contribution is 2.35. The minimum absolute atomic E-state index is 0.345. The smallest absolute Gasteiger partial charge is 0.224 e. The maximum Gasteiger partial charge on any atom is 0.224 e. The van der Waals surface area contributed by atoms with Crippen LogP contribution in [0.3, 0.4) is 0 Å². The van der Waals surface area contributed by atoms with Crippen molar-refractivity contribution in [3.8, 4) is 0 Å². The third kappa shape index (κ3) is 3.59. The van der Waals surface area contributed by atoms with Crippen LogP contribution >= 0.6 is 11.6 Å². The molecular formula is C15H24ClN3. The Kier molecular flexibility index (Phi) is 4.34. The van der Waals surface area contributed by atoms with Crippen LogP contribution in [0.5, 0.6) is 0 Å². The van der Waals surface area contributed by atoms with Gasteiger partial charge in [-0.25, -0.2) is 9.97 Å². The molecule has 0 aromatic carbocycles. The number of nitrogens with zero attached hydrogens (tertiary/aromatic N) is 3. The molecule has 3 nitrogen and oxygen atoms in total. The molecule has 0 saturated carbocycles. The molecule has 106 valence electrons. The molecule has 0 spiro atoms. The lowest BCUT2D eigenvalue weighted by atomic mass is 9.77. The van der Waals surface area contributed by atoms with Gasteiger partial charge in [-0.05, 0) is 49.1 Å². The molecule has 1 aromatic heterocycles. The molecule has 4 heteroatoms. The summed E-state index contributed by atoms with van der Waals surface area (Å²) in [4.78, 5) is 10.8. The molecule has 1 atom stereocenters. The Labute approximate surface area is 121 Å². The second-order valence-corrected chi connectivity index (χ2v) is 6.96. The molecule has 1 unspecified atom stereocenters. The summed E-state index contributed by atoms with van der Waals surface area (Å²) in [5, 5.41) is 0.345. The first-order valence-electron chi connectivity index (χ1n) is 7.12. The molecule has 1 aromatic rings. The molecule has 1 aliphatic rings. The van der Waals surface area contributed by atoms with Gasteiger partial charge in [-0.15, -0.1) is 0 Å². The molecule has 1 saturated heterocycles. The summed E-state index contributed by atoms with van der Waals surface area (Å²) >= 11 is 5.93. The lowest BCUT2D eigenvalue weighted by molar-refractivity contribution is 0.220. The first kappa shape index (κ1) is 14.6. The van der Waals surface area contributed by atoms with E-state index in [2.05, 4.69) is 42.6 Å². The van der Waals surface area contributed by atoms with Crippen LogP contribution in [0.4, 0.5) is 5.82 Å². The predicted molar refractivity (Wildman–Crippen MR) is 80.8 cm³/mol. The van der Waals surface area contributed by atoms with E-state index in [0.29, 0.717) is 10.7 Å². The zero-order chi connectivity index (χ0) is 14.0. The fourth-order valence-electron chi connectivity index (χ4n) is 2.91. The van der Waals surface area contributed by atoms with Gasteiger partial charge in [-0.1, -0.05) is 20.8 Å². The summed E-state index contributed by atoms with van der Waals surface area (Å²) in [5.74, 6) is 1.80. The van der Waals surface area contributed by atoms with Gasteiger partial charge >= 0.3 is 0 Å². The first-order chi connectivity index (χ1) is 8.88. The highest BCUT2D eigenvalue weighted by atomic mass is 35.5. The second-order valence-electron chi connectivity index (χ2n) is 6.63. The van der Waals surface area contributed by atoms with E-state index in [1.807, 2.05) is 6.20 Å². The molecule has 1 fully saturated rings. The van der Waals surface area contributed by atoms with Crippen LogP contribution in [0.2, 0.25) is 5.28 Å². The maximum atomic E-state index is 5.93. The normalized spacial score (nSPS) is 21.3. The van der Waals surface area contributed by atoms with Gasteiger partial charge in [0, 0.05) is 24.8 Å². The number of rotatable bonds is 1. The topological polar surface area (TPSA) is 29.0 Å². The first-order valence-corrected chi connectivity index (χ1v) is 7.50. The molecule has 0 radical (unpaired) electrons. The second kappa shape index (κ2) is 5.66. The lowest BCUT2D eigenvalue weighted by Crippen LogP contribution is -2.27. The molecule has 0 N–H and O–H groups in total. The van der Waals surface area contributed by atoms with E-state index in [-0.39, 0.29) is 0 Å². The molecule has 2 rings (SSSR count). The standard InChI is InChI=1S/C15H24ClN3/c1-11-10-17-14(16)18-13(11)19-8-5-6-12(7-9-19)15(2,3)4/h10,12H,5-9H2,1-4H3. The van der Waals surface area contributed by atoms with Crippen molar-refractivity contribution in [1.82, 2.24) is 9.97 Å². The summed E-state index contributed by atoms with van der Waals surface area (Å²) in [6.07, 6.45) is 5.57. The summed E-state index contributed by atoms with van der Waals surface area (Å²) in [5.41, 5.74) is 1.51. The van der Waals surface area contributed by atoms with Gasteiger partial charge in [0.05, 0.1) is 0 Å². The number of aromatic nitrogens is 2. The van der Waals surface area contributed by atoms with E-state index in [0.717, 1.165) is 30.4 Å². The largest absolute Gasteiger partial charge is 0.356 e. The molecule has 0 amide bonds. The van der Waals surface area contributed by atoms with Crippen LogP contribution in [0.1, 0.15) is 45.6 Å². The molecular weight excluding hydrogens is 258 g/mol. The monoisotopic (exact) mass is 281 g/mol. The van der Waals surface area contributed by atoms with E-state index in [4.69, 9.17) is 11.6 Å². The van der Waals surface area contributed by atoms with Gasteiger partial charge in [0.15, 0.2) is 0 Å². The predicted octanol–water partition coefficient (Wildman–Crippen LogP) is 4.09. The minimum Gasteiger partial charge on any atom is -0.356 e. The lowest BCUT2D eigenvalue weighted by Gasteiger charge is -2.30. The van der Waals surface area contributed by atoms with Gasteiger partial charge in [0.2, 0.25) is 5.28 Å². The molecule has 1 aliphatic heterocycles. The van der Waals surface area contributed by atoms with Crippen LogP contribution in [0, 0.1) is 18.3 Å². The average molecular weight is 282 g/mol. The van der Waals surface area contributed by atoms with Crippen molar-refractivity contribution in [2.45, 2.75) is 47.0 Å². The third-order valence-corrected chi connectivity index (χ3v) is 4.35. The Balaban J connectivity index is 2.13. The van der Waals surface area contributed by atoms with Crippen LogP contribution < -0.4 is 4.90 Å². The molecule has 0 bridgehead atoms. The number of hydrogen-bond donors (Lipinski definition) is 0. The number of anilines is 1. The van der Waals surface area contributed by atoms with Gasteiger partial charge < -0.3 is 4.90 Å². The summed E-state index contributed by atoms with van der Waals surface area (Å²) in [6, 6.07) is 0. The van der Waals surface area contributed by atoms with Crippen molar-refractivity contribution >= 4 is 17.4 Å². The molecule has 2 heterocycles. The van der Waals surface area contributed by atoms with Crippen molar-refractivity contribution in [3.63, 3.8) is 0 Å². The summed E-state index contributed by atoms with van der Waals surface area (Å²) in [7, 11) is 0. The Hall–Kier alpha value is -0.830. The van der Waals surface area contributed by atoms with Crippen molar-refractivity contribution in [1.29, 1.82) is 0 Å². The Morgan fingerprint density at radius 2 is 2.00 bits per heavy atom. The summed E-state index contributed by atoms with van der Waals surface area (Å²) < 4.78 is 0. The van der Waals surface area contributed by atoms with E-state index in [9.17, 15) is 0 Å². The van der Waals surface area contributed by atoms with Crippen molar-refractivity contribution < 1.29 is 0 Å². The third-order valence-electron chi connectivity index (χ3n) is 4.17. The molecule has 0 aliphatic carbocycles. The van der Waals surface area contributed by atoms with E-state index < -0.39 is 0 Å². The Morgan fingerprint density at radius 1 is 1.26 bits per heavy atom. The van der Waals surface area contributed by atoms with E-state index in [1.165, 1.54) is 19.3 Å². The highest BCUT2D eigenvalue weighted by Gasteiger charge is 2.27. The van der Waals surface area contributed by atoms with Crippen LogP contribution in [-0.4, -0.2) is 23.1 Å². The van der Waals surface area contributed by atoms with Crippen molar-refractivity contribution in [2.24, 2.45) is 11.3 Å². The maximum absolute atomic E-state index is 5.93. The molecule has 19 heavy (non-hydrogen) atoms. The van der Waals surface area contributed by atoms with Crippen LogP contribution in [0.15, 0.2) is 6.20 Å². The van der Waals surface area contributed by atoms with Crippen LogP contribution in [-0.2, 0) is 0 Å². The summed E-state index contributed by atoms with van der Waals surface area (Å²) in [6.45, 7) is 11.2. The fraction of sp³-hybridized carbons (Fsp3) is 0.733. The van der Waals surface area contributed by atoms with Gasteiger partial charge in [0.25, 0.3) is 0 Å². The van der Waals surface area contributed by atoms with Gasteiger partial charge in [-0.3, -0.25) is 0 Å². The van der Waals surface area contributed by atoms with Gasteiger partial charge in [0.1, 0.15) is 5.82 Å². The quantitative estimate of drug-likeness (QED) is 0.726. The highest BCUT2D eigenvalue weighted by molar-refractivity contribution is 6.28. The average Bonchev–Trinajstić information content (AvgIpc) is 2.57. The van der Waals surface area contributed by atoms with Crippen molar-refractivity contribution in [2.75, 3.05) is 18.0 Å². The SMILES string of the molecule is Cc1cnc(Cl)nc1N1CCCC(C(C)(C)C)CC1.